The minimum atomic E-state index is -5.08. The monoisotopic (exact) mass is 325 g/mol. The SMILES string of the molecule is CC(=O)N(c1ccccc1)c1ccccc1.O=C(O)C(F)(F)F. The zero-order valence-electron chi connectivity index (χ0n) is 12.1. The van der Waals surface area contributed by atoms with Crippen LogP contribution in [0.1, 0.15) is 6.92 Å². The van der Waals surface area contributed by atoms with Gasteiger partial charge in [0.1, 0.15) is 0 Å². The Morgan fingerprint density at radius 2 is 1.17 bits per heavy atom. The number of carbonyl (C=O) groups is 2. The van der Waals surface area contributed by atoms with Crippen LogP contribution in [0.3, 0.4) is 0 Å². The van der Waals surface area contributed by atoms with E-state index in [2.05, 4.69) is 0 Å². The highest BCUT2D eigenvalue weighted by Gasteiger charge is 2.38. The number of halogens is 3. The Hall–Kier alpha value is -2.83. The Morgan fingerprint density at radius 1 is 0.870 bits per heavy atom. The summed E-state index contributed by atoms with van der Waals surface area (Å²) in [5.41, 5.74) is 1.78. The van der Waals surface area contributed by atoms with Gasteiger partial charge in [0.05, 0.1) is 0 Å². The summed E-state index contributed by atoms with van der Waals surface area (Å²) in [5, 5.41) is 7.12. The van der Waals surface area contributed by atoms with E-state index in [-0.39, 0.29) is 5.91 Å². The molecule has 1 N–H and O–H groups in total. The molecule has 0 bridgehead atoms. The summed E-state index contributed by atoms with van der Waals surface area (Å²) >= 11 is 0. The molecule has 2 rings (SSSR count). The molecule has 23 heavy (non-hydrogen) atoms. The Balaban J connectivity index is 0.000000322. The molecule has 7 heteroatoms. The van der Waals surface area contributed by atoms with Gasteiger partial charge in [0.25, 0.3) is 0 Å². The molecule has 0 radical (unpaired) electrons. The van der Waals surface area contributed by atoms with Gasteiger partial charge in [-0.25, -0.2) is 4.79 Å². The maximum absolute atomic E-state index is 11.7. The zero-order chi connectivity index (χ0) is 17.5. The molecule has 1 amide bonds. The maximum atomic E-state index is 11.7. The van der Waals surface area contributed by atoms with Crippen molar-refractivity contribution in [1.82, 2.24) is 0 Å². The quantitative estimate of drug-likeness (QED) is 0.908. The second-order valence-corrected chi connectivity index (χ2v) is 4.33. The number of hydrogen-bond acceptors (Lipinski definition) is 2. The van der Waals surface area contributed by atoms with Crippen LogP contribution in [0.2, 0.25) is 0 Å². The first-order valence-corrected chi connectivity index (χ1v) is 6.44. The summed E-state index contributed by atoms with van der Waals surface area (Å²) in [4.78, 5) is 22.3. The Morgan fingerprint density at radius 3 is 1.39 bits per heavy atom. The molecule has 4 nitrogen and oxygen atoms in total. The van der Waals surface area contributed by atoms with Crippen LogP contribution in [0.15, 0.2) is 60.7 Å². The van der Waals surface area contributed by atoms with Gasteiger partial charge in [0.15, 0.2) is 0 Å². The number of para-hydroxylation sites is 2. The van der Waals surface area contributed by atoms with Crippen molar-refractivity contribution < 1.29 is 27.9 Å². The van der Waals surface area contributed by atoms with Crippen molar-refractivity contribution in [3.8, 4) is 0 Å². The van der Waals surface area contributed by atoms with Crippen LogP contribution in [0.25, 0.3) is 0 Å². The number of alkyl halides is 3. The van der Waals surface area contributed by atoms with E-state index < -0.39 is 12.1 Å². The van der Waals surface area contributed by atoms with Gasteiger partial charge in [-0.05, 0) is 24.3 Å². The maximum Gasteiger partial charge on any atom is 0.490 e. The number of amides is 1. The molecule has 0 saturated carbocycles. The molecular formula is C16H14F3NO3. The number of carboxylic acid groups (broad SMARTS) is 1. The van der Waals surface area contributed by atoms with E-state index in [4.69, 9.17) is 9.90 Å². The van der Waals surface area contributed by atoms with Crippen LogP contribution in [0.4, 0.5) is 24.5 Å². The fraction of sp³-hybridized carbons (Fsp3) is 0.125. The van der Waals surface area contributed by atoms with Crippen molar-refractivity contribution in [3.05, 3.63) is 60.7 Å². The molecule has 0 aromatic heterocycles. The number of anilines is 2. The van der Waals surface area contributed by atoms with Gasteiger partial charge in [-0.3, -0.25) is 9.69 Å². The minimum absolute atomic E-state index is 0.0115. The Kier molecular flexibility index (Phi) is 6.32. The summed E-state index contributed by atoms with van der Waals surface area (Å²) in [6, 6.07) is 19.3. The van der Waals surface area contributed by atoms with Gasteiger partial charge in [0.2, 0.25) is 5.91 Å². The van der Waals surface area contributed by atoms with E-state index in [0.717, 1.165) is 11.4 Å². The summed E-state index contributed by atoms with van der Waals surface area (Å²) < 4.78 is 31.7. The fourth-order valence-electron chi connectivity index (χ4n) is 1.67. The van der Waals surface area contributed by atoms with E-state index in [1.165, 1.54) is 0 Å². The fourth-order valence-corrected chi connectivity index (χ4v) is 1.67. The number of nitrogens with zero attached hydrogens (tertiary/aromatic N) is 1. The Labute approximate surface area is 130 Å². The van der Waals surface area contributed by atoms with E-state index in [0.29, 0.717) is 0 Å². The highest BCUT2D eigenvalue weighted by Crippen LogP contribution is 2.24. The lowest BCUT2D eigenvalue weighted by molar-refractivity contribution is -0.192. The van der Waals surface area contributed by atoms with Crippen molar-refractivity contribution in [1.29, 1.82) is 0 Å². The molecule has 0 aliphatic carbocycles. The number of aliphatic carboxylic acids is 1. The molecule has 0 unspecified atom stereocenters. The zero-order valence-corrected chi connectivity index (χ0v) is 12.1. The van der Waals surface area contributed by atoms with Gasteiger partial charge >= 0.3 is 12.1 Å². The van der Waals surface area contributed by atoms with E-state index in [9.17, 15) is 18.0 Å². The average Bonchev–Trinajstić information content (AvgIpc) is 2.49. The van der Waals surface area contributed by atoms with E-state index in [1.54, 1.807) is 11.8 Å². The highest BCUT2D eigenvalue weighted by molar-refractivity contribution is 5.98. The summed E-state index contributed by atoms with van der Waals surface area (Å²) in [5.74, 6) is -2.75. The van der Waals surface area contributed by atoms with Crippen LogP contribution < -0.4 is 4.90 Å². The summed E-state index contributed by atoms with van der Waals surface area (Å²) in [6.07, 6.45) is -5.08. The second-order valence-electron chi connectivity index (χ2n) is 4.33. The smallest absolute Gasteiger partial charge is 0.475 e. The van der Waals surface area contributed by atoms with Crippen LogP contribution in [-0.2, 0) is 9.59 Å². The third-order valence-electron chi connectivity index (χ3n) is 2.59. The Bertz CT molecular complexity index is 603. The summed E-state index contributed by atoms with van der Waals surface area (Å²) in [6.45, 7) is 1.57. The third kappa shape index (κ3) is 5.82. The van der Waals surface area contributed by atoms with E-state index in [1.807, 2.05) is 60.7 Å². The van der Waals surface area contributed by atoms with Crippen molar-refractivity contribution in [2.24, 2.45) is 0 Å². The lowest BCUT2D eigenvalue weighted by Gasteiger charge is -2.21. The number of rotatable bonds is 2. The van der Waals surface area contributed by atoms with Gasteiger partial charge in [-0.1, -0.05) is 36.4 Å². The highest BCUT2D eigenvalue weighted by atomic mass is 19.4. The third-order valence-corrected chi connectivity index (χ3v) is 2.59. The summed E-state index contributed by atoms with van der Waals surface area (Å²) in [7, 11) is 0. The van der Waals surface area contributed by atoms with Gasteiger partial charge in [0, 0.05) is 18.3 Å². The molecule has 122 valence electrons. The molecule has 0 atom stereocenters. The van der Waals surface area contributed by atoms with Crippen molar-refractivity contribution in [2.45, 2.75) is 13.1 Å². The first kappa shape index (κ1) is 18.2. The normalized spacial score (nSPS) is 10.3. The first-order chi connectivity index (χ1) is 10.7. The molecule has 0 saturated heterocycles. The molecule has 0 fully saturated rings. The van der Waals surface area contributed by atoms with E-state index >= 15 is 0 Å². The number of hydrogen-bond donors (Lipinski definition) is 1. The van der Waals surface area contributed by atoms with Crippen LogP contribution in [0, 0.1) is 0 Å². The molecule has 0 heterocycles. The van der Waals surface area contributed by atoms with Gasteiger partial charge in [-0.15, -0.1) is 0 Å². The van der Waals surface area contributed by atoms with Gasteiger partial charge < -0.3 is 5.11 Å². The van der Waals surface area contributed by atoms with Crippen LogP contribution >= 0.6 is 0 Å². The molecule has 2 aromatic carbocycles. The molecule has 0 spiro atoms. The van der Waals surface area contributed by atoms with Crippen LogP contribution in [0.5, 0.6) is 0 Å². The van der Waals surface area contributed by atoms with Gasteiger partial charge in [-0.2, -0.15) is 13.2 Å². The topological polar surface area (TPSA) is 57.6 Å². The number of benzene rings is 2. The van der Waals surface area contributed by atoms with Crippen molar-refractivity contribution in [3.63, 3.8) is 0 Å². The molecule has 0 aliphatic heterocycles. The predicted molar refractivity (Wildman–Crippen MR) is 79.4 cm³/mol. The lowest BCUT2D eigenvalue weighted by Crippen LogP contribution is -2.22. The van der Waals surface area contributed by atoms with Crippen LogP contribution in [-0.4, -0.2) is 23.2 Å². The average molecular weight is 325 g/mol. The number of carboxylic acids is 1. The largest absolute Gasteiger partial charge is 0.490 e. The second kappa shape index (κ2) is 7.98. The first-order valence-electron chi connectivity index (χ1n) is 6.44. The lowest BCUT2D eigenvalue weighted by atomic mass is 10.2. The molecule has 2 aromatic rings. The van der Waals surface area contributed by atoms with Crippen molar-refractivity contribution >= 4 is 23.3 Å². The van der Waals surface area contributed by atoms with Crippen molar-refractivity contribution in [2.75, 3.05) is 4.90 Å². The standard InChI is InChI=1S/C14H13NO.C2HF3O2/c1-12(16)15(13-8-4-2-5-9-13)14-10-6-3-7-11-14;3-2(4,5)1(6)7/h2-11H,1H3;(H,6,7). The number of carbonyl (C=O) groups excluding carboxylic acids is 1. The molecule has 0 aliphatic rings. The minimum Gasteiger partial charge on any atom is -0.475 e. The molecular weight excluding hydrogens is 311 g/mol. The predicted octanol–water partition coefficient (Wildman–Crippen LogP) is 4.00.